The van der Waals surface area contributed by atoms with Crippen LogP contribution in [0.15, 0.2) is 6.20 Å². The van der Waals surface area contributed by atoms with E-state index in [1.54, 1.807) is 10.9 Å². The Labute approximate surface area is 165 Å². The zero-order chi connectivity index (χ0) is 21.0. The van der Waals surface area contributed by atoms with Gasteiger partial charge in [-0.3, -0.25) is 34.1 Å². The number of aryl methyl sites for hydroxylation is 1. The highest BCUT2D eigenvalue weighted by atomic mass is 16.5. The Morgan fingerprint density at radius 3 is 2.83 bits per heavy atom. The summed E-state index contributed by atoms with van der Waals surface area (Å²) < 4.78 is 6.49. The minimum atomic E-state index is -1.03. The fraction of sp³-hybridized carbons (Fsp3) is 0.588. The van der Waals surface area contributed by atoms with Crippen LogP contribution in [-0.4, -0.2) is 73.9 Å². The number of rotatable bonds is 9. The lowest BCUT2D eigenvalue weighted by Crippen LogP contribution is -2.54. The van der Waals surface area contributed by atoms with Gasteiger partial charge < -0.3 is 9.84 Å². The predicted octanol–water partition coefficient (Wildman–Crippen LogP) is -1.51. The highest BCUT2D eigenvalue weighted by molar-refractivity contribution is 6.09. The van der Waals surface area contributed by atoms with Crippen LogP contribution in [0.25, 0.3) is 0 Å². The third-order valence-corrected chi connectivity index (χ3v) is 4.74. The molecule has 0 spiro atoms. The van der Waals surface area contributed by atoms with Gasteiger partial charge in [0.1, 0.15) is 12.6 Å². The molecule has 12 nitrogen and oxygen atoms in total. The van der Waals surface area contributed by atoms with Crippen molar-refractivity contribution in [1.82, 2.24) is 25.2 Å². The lowest BCUT2D eigenvalue weighted by atomic mass is 10.0. The maximum Gasteiger partial charge on any atom is 0.329 e. The standard InChI is InChI=1S/C17H21N5O7/c23-13-3-2-12(16(27)18-13)22-14(24)7-10(17(22)28)6-11-8-21(20-19-11)4-1-5-29-9-15(25)26/h8,10,12H,1-7,9H2,(H,25,26)(H,18,23,27). The number of aromatic nitrogens is 3. The van der Waals surface area contributed by atoms with E-state index in [0.717, 1.165) is 4.90 Å². The predicted molar refractivity (Wildman–Crippen MR) is 92.9 cm³/mol. The van der Waals surface area contributed by atoms with Crippen LogP contribution in [0.1, 0.15) is 31.4 Å². The summed E-state index contributed by atoms with van der Waals surface area (Å²) in [6.07, 6.45) is 2.61. The van der Waals surface area contributed by atoms with Crippen molar-refractivity contribution in [1.29, 1.82) is 0 Å². The minimum absolute atomic E-state index is 0.0214. The quantitative estimate of drug-likeness (QED) is 0.366. The first kappa shape index (κ1) is 20.6. The summed E-state index contributed by atoms with van der Waals surface area (Å²) >= 11 is 0. The molecule has 2 saturated heterocycles. The number of imide groups is 2. The third-order valence-electron chi connectivity index (χ3n) is 4.74. The van der Waals surface area contributed by atoms with E-state index < -0.39 is 41.6 Å². The molecule has 2 fully saturated rings. The molecule has 0 saturated carbocycles. The number of nitrogens with zero attached hydrogens (tertiary/aromatic N) is 4. The summed E-state index contributed by atoms with van der Waals surface area (Å²) in [5, 5.41) is 18.6. The molecule has 0 bridgehead atoms. The molecule has 2 atom stereocenters. The molecule has 1 aromatic heterocycles. The van der Waals surface area contributed by atoms with Crippen LogP contribution < -0.4 is 5.32 Å². The smallest absolute Gasteiger partial charge is 0.329 e. The second-order valence-electron chi connectivity index (χ2n) is 6.95. The number of aliphatic carboxylic acids is 1. The summed E-state index contributed by atoms with van der Waals surface area (Å²) in [5.74, 6) is -3.57. The number of piperidine rings is 1. The molecule has 2 aliphatic rings. The number of carboxylic acid groups (broad SMARTS) is 1. The van der Waals surface area contributed by atoms with Crippen molar-refractivity contribution >= 4 is 29.6 Å². The van der Waals surface area contributed by atoms with Crippen LogP contribution in [0.2, 0.25) is 0 Å². The van der Waals surface area contributed by atoms with E-state index in [0.29, 0.717) is 18.7 Å². The molecule has 29 heavy (non-hydrogen) atoms. The number of hydrogen-bond donors (Lipinski definition) is 2. The lowest BCUT2D eigenvalue weighted by molar-refractivity contribution is -0.151. The van der Waals surface area contributed by atoms with E-state index in [1.807, 2.05) is 0 Å². The first-order chi connectivity index (χ1) is 13.8. The monoisotopic (exact) mass is 407 g/mol. The van der Waals surface area contributed by atoms with Gasteiger partial charge in [-0.2, -0.15) is 0 Å². The second-order valence-corrected chi connectivity index (χ2v) is 6.95. The van der Waals surface area contributed by atoms with Crippen molar-refractivity contribution in [3.63, 3.8) is 0 Å². The van der Waals surface area contributed by atoms with Crippen molar-refractivity contribution in [3.8, 4) is 0 Å². The van der Waals surface area contributed by atoms with Crippen LogP contribution in [-0.2, 0) is 41.7 Å². The normalized spacial score (nSPS) is 22.3. The zero-order valence-corrected chi connectivity index (χ0v) is 15.6. The Morgan fingerprint density at radius 2 is 2.10 bits per heavy atom. The van der Waals surface area contributed by atoms with Gasteiger partial charge in [-0.05, 0) is 12.8 Å². The second kappa shape index (κ2) is 8.90. The van der Waals surface area contributed by atoms with Crippen LogP contribution in [0.4, 0.5) is 0 Å². The SMILES string of the molecule is O=C(O)COCCCn1cc(CC2CC(=O)N(C3CCC(=O)NC3=O)C2=O)nn1. The van der Waals surface area contributed by atoms with E-state index in [9.17, 15) is 24.0 Å². The largest absolute Gasteiger partial charge is 0.480 e. The molecule has 1 aromatic rings. The fourth-order valence-corrected chi connectivity index (χ4v) is 3.41. The van der Waals surface area contributed by atoms with E-state index in [-0.39, 0.29) is 38.9 Å². The van der Waals surface area contributed by atoms with Gasteiger partial charge >= 0.3 is 5.97 Å². The average molecular weight is 407 g/mol. The van der Waals surface area contributed by atoms with Crippen molar-refractivity contribution < 1.29 is 33.8 Å². The molecule has 0 aromatic carbocycles. The number of carboxylic acids is 1. The molecular formula is C17H21N5O7. The Hall–Kier alpha value is -3.15. The number of ether oxygens (including phenoxy) is 1. The highest BCUT2D eigenvalue weighted by Gasteiger charge is 2.46. The van der Waals surface area contributed by atoms with Crippen molar-refractivity contribution in [2.75, 3.05) is 13.2 Å². The summed E-state index contributed by atoms with van der Waals surface area (Å²) in [6, 6.07) is -0.945. The Bertz CT molecular complexity index is 836. The highest BCUT2D eigenvalue weighted by Crippen LogP contribution is 2.27. The van der Waals surface area contributed by atoms with Gasteiger partial charge in [-0.1, -0.05) is 5.21 Å². The number of carbonyl (C=O) groups is 5. The van der Waals surface area contributed by atoms with Crippen LogP contribution >= 0.6 is 0 Å². The van der Waals surface area contributed by atoms with Gasteiger partial charge in [-0.25, -0.2) is 4.79 Å². The Balaban J connectivity index is 1.52. The lowest BCUT2D eigenvalue weighted by Gasteiger charge is -2.28. The molecule has 3 rings (SSSR count). The first-order valence-corrected chi connectivity index (χ1v) is 9.23. The van der Waals surface area contributed by atoms with Crippen LogP contribution in [0, 0.1) is 5.92 Å². The summed E-state index contributed by atoms with van der Waals surface area (Å²) in [5.41, 5.74) is 0.535. The van der Waals surface area contributed by atoms with E-state index in [1.165, 1.54) is 0 Å². The van der Waals surface area contributed by atoms with E-state index in [2.05, 4.69) is 15.6 Å². The topological polar surface area (TPSA) is 161 Å². The summed E-state index contributed by atoms with van der Waals surface area (Å²) in [4.78, 5) is 59.6. The van der Waals surface area contributed by atoms with Gasteiger partial charge in [0.25, 0.3) is 0 Å². The fourth-order valence-electron chi connectivity index (χ4n) is 3.41. The summed E-state index contributed by atoms with van der Waals surface area (Å²) in [6.45, 7) is 0.370. The van der Waals surface area contributed by atoms with Crippen LogP contribution in [0.3, 0.4) is 0 Å². The van der Waals surface area contributed by atoms with E-state index >= 15 is 0 Å². The van der Waals surface area contributed by atoms with Crippen molar-refractivity contribution in [3.05, 3.63) is 11.9 Å². The molecule has 12 heteroatoms. The molecule has 0 aliphatic carbocycles. The van der Waals surface area contributed by atoms with Gasteiger partial charge in [0.2, 0.25) is 23.6 Å². The maximum atomic E-state index is 12.7. The maximum absolute atomic E-state index is 12.7. The van der Waals surface area contributed by atoms with Gasteiger partial charge in [0, 0.05) is 38.6 Å². The number of amides is 4. The van der Waals surface area contributed by atoms with Crippen molar-refractivity contribution in [2.24, 2.45) is 5.92 Å². The van der Waals surface area contributed by atoms with Gasteiger partial charge in [0.05, 0.1) is 11.6 Å². The molecule has 2 aliphatic heterocycles. The third kappa shape index (κ3) is 5.02. The molecule has 3 heterocycles. The molecule has 0 radical (unpaired) electrons. The molecule has 2 N–H and O–H groups in total. The number of carbonyl (C=O) groups excluding carboxylic acids is 4. The van der Waals surface area contributed by atoms with E-state index in [4.69, 9.17) is 9.84 Å². The van der Waals surface area contributed by atoms with Gasteiger partial charge in [-0.15, -0.1) is 5.10 Å². The van der Waals surface area contributed by atoms with Crippen molar-refractivity contribution in [2.45, 2.75) is 44.7 Å². The number of likely N-dealkylation sites (tertiary alicyclic amines) is 1. The van der Waals surface area contributed by atoms with Crippen LogP contribution in [0.5, 0.6) is 0 Å². The average Bonchev–Trinajstić information content (AvgIpc) is 3.20. The zero-order valence-electron chi connectivity index (χ0n) is 15.6. The van der Waals surface area contributed by atoms with Gasteiger partial charge in [0.15, 0.2) is 0 Å². The molecule has 2 unspecified atom stereocenters. The molecule has 156 valence electrons. The Kier molecular flexibility index (Phi) is 6.32. The molecular weight excluding hydrogens is 386 g/mol. The first-order valence-electron chi connectivity index (χ1n) is 9.23. The molecule has 4 amide bonds. The number of hydrogen-bond acceptors (Lipinski definition) is 8. The minimum Gasteiger partial charge on any atom is -0.480 e. The Morgan fingerprint density at radius 1 is 1.31 bits per heavy atom. The number of nitrogens with one attached hydrogen (secondary N) is 1. The summed E-state index contributed by atoms with van der Waals surface area (Å²) in [7, 11) is 0.